The number of benzene rings is 1. The maximum atomic E-state index is 13.5. The molecule has 0 aliphatic heterocycles. The fourth-order valence-electron chi connectivity index (χ4n) is 1.41. The minimum atomic E-state index is -2.17. The van der Waals surface area contributed by atoms with Crippen LogP contribution in [0.15, 0.2) is 17.0 Å². The summed E-state index contributed by atoms with van der Waals surface area (Å²) in [7, 11) is 0. The van der Waals surface area contributed by atoms with Crippen molar-refractivity contribution in [3.8, 4) is 0 Å². The van der Waals surface area contributed by atoms with Gasteiger partial charge in [0.25, 0.3) is 0 Å². The second kappa shape index (κ2) is 7.05. The average Bonchev–Trinajstić information content (AvgIpc) is 2.97. The van der Waals surface area contributed by atoms with Crippen LogP contribution < -0.4 is 5.32 Å². The van der Waals surface area contributed by atoms with E-state index in [4.69, 9.17) is 0 Å². The largest absolute Gasteiger partial charge is 0.357 e. The maximum absolute atomic E-state index is 13.5. The van der Waals surface area contributed by atoms with Crippen LogP contribution in [0, 0.1) is 29.1 Å². The highest BCUT2D eigenvalue weighted by Crippen LogP contribution is 2.32. The van der Waals surface area contributed by atoms with Gasteiger partial charge in [0.15, 0.2) is 27.6 Å². The summed E-state index contributed by atoms with van der Waals surface area (Å²) in [6.07, 6.45) is 1.60. The van der Waals surface area contributed by atoms with Crippen molar-refractivity contribution in [3.63, 3.8) is 0 Å². The van der Waals surface area contributed by atoms with Crippen LogP contribution >= 0.6 is 23.1 Å². The van der Waals surface area contributed by atoms with E-state index in [1.807, 2.05) is 0 Å². The standard InChI is InChI=1S/C12H8F5N3S2/c1-2-3-18-11-19-20-12(22-11)21-4-5-6(13)8(15)10(17)9(16)7(5)14/h2H,1,3-4H2,(H,18,19). The number of hydrogen-bond donors (Lipinski definition) is 1. The Hall–Kier alpha value is -1.68. The Labute approximate surface area is 130 Å². The Morgan fingerprint density at radius 2 is 1.59 bits per heavy atom. The Bertz CT molecular complexity index is 675. The molecule has 0 aliphatic carbocycles. The van der Waals surface area contributed by atoms with Gasteiger partial charge in [0.1, 0.15) is 0 Å². The van der Waals surface area contributed by atoms with E-state index in [2.05, 4.69) is 22.1 Å². The van der Waals surface area contributed by atoms with Gasteiger partial charge in [-0.3, -0.25) is 0 Å². The lowest BCUT2D eigenvalue weighted by Gasteiger charge is -2.06. The predicted octanol–water partition coefficient (Wildman–Crippen LogP) is 4.12. The van der Waals surface area contributed by atoms with Crippen molar-refractivity contribution in [1.82, 2.24) is 10.2 Å². The molecule has 0 saturated carbocycles. The highest BCUT2D eigenvalue weighted by Gasteiger charge is 2.25. The second-order valence-corrected chi connectivity index (χ2v) is 6.08. The Morgan fingerprint density at radius 3 is 2.18 bits per heavy atom. The van der Waals surface area contributed by atoms with Gasteiger partial charge in [-0.1, -0.05) is 29.2 Å². The van der Waals surface area contributed by atoms with Crippen molar-refractivity contribution >= 4 is 28.2 Å². The molecule has 22 heavy (non-hydrogen) atoms. The van der Waals surface area contributed by atoms with Gasteiger partial charge < -0.3 is 5.32 Å². The lowest BCUT2D eigenvalue weighted by atomic mass is 10.2. The van der Waals surface area contributed by atoms with Crippen LogP contribution in [0.2, 0.25) is 0 Å². The zero-order chi connectivity index (χ0) is 16.3. The molecule has 0 unspecified atom stereocenters. The Morgan fingerprint density at radius 1 is 1.00 bits per heavy atom. The highest BCUT2D eigenvalue weighted by molar-refractivity contribution is 8.00. The summed E-state index contributed by atoms with van der Waals surface area (Å²) in [6, 6.07) is 0. The van der Waals surface area contributed by atoms with Gasteiger partial charge in [-0.05, 0) is 0 Å². The normalized spacial score (nSPS) is 10.8. The Balaban J connectivity index is 2.15. The van der Waals surface area contributed by atoms with Crippen LogP contribution in [0.25, 0.3) is 0 Å². The topological polar surface area (TPSA) is 37.8 Å². The van der Waals surface area contributed by atoms with Crippen molar-refractivity contribution in [2.45, 2.75) is 10.1 Å². The van der Waals surface area contributed by atoms with Crippen molar-refractivity contribution in [2.75, 3.05) is 11.9 Å². The van der Waals surface area contributed by atoms with E-state index in [0.29, 0.717) is 16.0 Å². The molecule has 1 aromatic heterocycles. The van der Waals surface area contributed by atoms with E-state index in [9.17, 15) is 22.0 Å². The molecule has 0 bridgehead atoms. The van der Waals surface area contributed by atoms with Crippen LogP contribution in [-0.4, -0.2) is 16.7 Å². The molecule has 0 fully saturated rings. The minimum Gasteiger partial charge on any atom is -0.357 e. The first-order valence-corrected chi connectivity index (χ1v) is 7.57. The number of hydrogen-bond acceptors (Lipinski definition) is 5. The monoisotopic (exact) mass is 353 g/mol. The summed E-state index contributed by atoms with van der Waals surface area (Å²) in [5, 5.41) is 10.8. The third kappa shape index (κ3) is 3.38. The molecule has 0 amide bonds. The molecule has 0 spiro atoms. The van der Waals surface area contributed by atoms with Gasteiger partial charge in [0.05, 0.1) is 0 Å². The summed E-state index contributed by atoms with van der Waals surface area (Å²) in [5.41, 5.74) is -0.891. The summed E-state index contributed by atoms with van der Waals surface area (Å²) in [4.78, 5) is 0. The van der Waals surface area contributed by atoms with Crippen molar-refractivity contribution in [1.29, 1.82) is 0 Å². The molecule has 3 nitrogen and oxygen atoms in total. The quantitative estimate of drug-likeness (QED) is 0.279. The molecular weight excluding hydrogens is 345 g/mol. The number of thioether (sulfide) groups is 1. The molecule has 0 aliphatic rings. The number of aromatic nitrogens is 2. The van der Waals surface area contributed by atoms with Crippen LogP contribution in [0.3, 0.4) is 0 Å². The molecule has 2 rings (SSSR count). The van der Waals surface area contributed by atoms with Crippen LogP contribution in [-0.2, 0) is 5.75 Å². The first kappa shape index (κ1) is 16.7. The number of anilines is 1. The first-order valence-electron chi connectivity index (χ1n) is 5.77. The van der Waals surface area contributed by atoms with Crippen molar-refractivity contribution in [3.05, 3.63) is 47.3 Å². The van der Waals surface area contributed by atoms with E-state index < -0.39 is 40.4 Å². The number of rotatable bonds is 6. The van der Waals surface area contributed by atoms with Crippen molar-refractivity contribution in [2.24, 2.45) is 0 Å². The third-order valence-electron chi connectivity index (χ3n) is 2.44. The van der Waals surface area contributed by atoms with Crippen LogP contribution in [0.5, 0.6) is 0 Å². The number of nitrogens with one attached hydrogen (secondary N) is 1. The van der Waals surface area contributed by atoms with Gasteiger partial charge in [0, 0.05) is 17.9 Å². The zero-order valence-electron chi connectivity index (χ0n) is 10.8. The van der Waals surface area contributed by atoms with Crippen LogP contribution in [0.1, 0.15) is 5.56 Å². The zero-order valence-corrected chi connectivity index (χ0v) is 12.4. The second-order valence-electron chi connectivity index (χ2n) is 3.88. The fourth-order valence-corrected chi connectivity index (χ4v) is 3.16. The Kier molecular flexibility index (Phi) is 5.35. The number of nitrogens with zero attached hydrogens (tertiary/aromatic N) is 2. The predicted molar refractivity (Wildman–Crippen MR) is 74.4 cm³/mol. The molecule has 10 heteroatoms. The van der Waals surface area contributed by atoms with Gasteiger partial charge in [-0.15, -0.1) is 16.8 Å². The molecule has 2 aromatic rings. The highest BCUT2D eigenvalue weighted by atomic mass is 32.2. The summed E-state index contributed by atoms with van der Waals surface area (Å²) in [5.74, 6) is -10.2. The van der Waals surface area contributed by atoms with E-state index in [1.165, 1.54) is 0 Å². The third-order valence-corrected chi connectivity index (χ3v) is 4.49. The fraction of sp³-hybridized carbons (Fsp3) is 0.167. The molecular formula is C12H8F5N3S2. The van der Waals surface area contributed by atoms with Crippen LogP contribution in [0.4, 0.5) is 27.1 Å². The van der Waals surface area contributed by atoms with E-state index >= 15 is 0 Å². The lowest BCUT2D eigenvalue weighted by molar-refractivity contribution is 0.372. The van der Waals surface area contributed by atoms with Gasteiger partial charge >= 0.3 is 0 Å². The number of halogens is 5. The van der Waals surface area contributed by atoms with E-state index in [0.717, 1.165) is 23.1 Å². The first-order chi connectivity index (χ1) is 10.5. The van der Waals surface area contributed by atoms with Gasteiger partial charge in [-0.25, -0.2) is 22.0 Å². The lowest BCUT2D eigenvalue weighted by Crippen LogP contribution is -2.06. The summed E-state index contributed by atoms with van der Waals surface area (Å²) in [6.45, 7) is 3.96. The SMILES string of the molecule is C=CCNc1nnc(SCc2c(F)c(F)c(F)c(F)c2F)s1. The van der Waals surface area contributed by atoms with E-state index in [-0.39, 0.29) is 0 Å². The molecule has 0 saturated heterocycles. The molecule has 0 radical (unpaired) electrons. The maximum Gasteiger partial charge on any atom is 0.206 e. The summed E-state index contributed by atoms with van der Waals surface area (Å²) < 4.78 is 66.3. The van der Waals surface area contributed by atoms with Crippen molar-refractivity contribution < 1.29 is 22.0 Å². The molecule has 0 atom stereocenters. The molecule has 1 aromatic carbocycles. The van der Waals surface area contributed by atoms with E-state index in [1.54, 1.807) is 6.08 Å². The minimum absolute atomic E-state index is 0.329. The molecule has 118 valence electrons. The molecule has 1 heterocycles. The average molecular weight is 353 g/mol. The van der Waals surface area contributed by atoms with Gasteiger partial charge in [0.2, 0.25) is 10.9 Å². The molecule has 1 N–H and O–H groups in total. The van der Waals surface area contributed by atoms with Gasteiger partial charge in [-0.2, -0.15) is 0 Å². The smallest absolute Gasteiger partial charge is 0.206 e. The summed E-state index contributed by atoms with van der Waals surface area (Å²) >= 11 is 1.91.